The first-order valence-corrected chi connectivity index (χ1v) is 14.8. The minimum atomic E-state index is -1.35. The van der Waals surface area contributed by atoms with Crippen LogP contribution in [0.1, 0.15) is 64.5 Å². The molecule has 0 spiro atoms. The highest BCUT2D eigenvalue weighted by atomic mass is 32.2. The maximum Gasteiger partial charge on any atom is 0.310 e. The van der Waals surface area contributed by atoms with Crippen molar-refractivity contribution >= 4 is 28.2 Å². The molecule has 2 aromatic heterocycles. The molecule has 0 saturated carbocycles. The summed E-state index contributed by atoms with van der Waals surface area (Å²) in [6.07, 6.45) is 1.67. The molecule has 0 fully saturated rings. The Balaban J connectivity index is 1.64. The highest BCUT2D eigenvalue weighted by Gasteiger charge is 2.27. The van der Waals surface area contributed by atoms with Crippen molar-refractivity contribution in [2.75, 3.05) is 6.61 Å². The molecular formula is C31H37FN4O4S. The van der Waals surface area contributed by atoms with Gasteiger partial charge >= 0.3 is 5.97 Å². The third-order valence-corrected chi connectivity index (χ3v) is 7.97. The number of benzene rings is 2. The van der Waals surface area contributed by atoms with E-state index in [0.717, 1.165) is 16.5 Å². The van der Waals surface area contributed by atoms with Crippen LogP contribution in [0.2, 0.25) is 0 Å². The molecule has 0 amide bonds. The van der Waals surface area contributed by atoms with E-state index in [1.165, 1.54) is 0 Å². The number of nitrogens with zero attached hydrogens (tertiary/aromatic N) is 3. The SMILES string of the molecule is CCOC(=O)Cc1ccccc1OCc1nn(C(C)C)c2ccc(-c3ccnc(CN[S+]([O-])C(C)(C)C)c3F)cc12. The molecule has 4 rings (SSSR count). The largest absolute Gasteiger partial charge is 0.598 e. The highest BCUT2D eigenvalue weighted by Crippen LogP contribution is 2.31. The summed E-state index contributed by atoms with van der Waals surface area (Å²) in [7, 11) is 0. The van der Waals surface area contributed by atoms with Crippen LogP contribution in [0.15, 0.2) is 54.7 Å². The first-order chi connectivity index (χ1) is 19.5. The summed E-state index contributed by atoms with van der Waals surface area (Å²) in [5, 5.41) is 5.66. The van der Waals surface area contributed by atoms with E-state index in [1.807, 2.05) is 81.8 Å². The van der Waals surface area contributed by atoms with E-state index >= 15 is 4.39 Å². The fourth-order valence-corrected chi connectivity index (χ4v) is 5.06. The van der Waals surface area contributed by atoms with Crippen LogP contribution >= 0.6 is 0 Å². The molecule has 0 aliphatic rings. The fraction of sp³-hybridized carbons (Fsp3) is 0.387. The normalized spacial score (nSPS) is 12.6. The predicted octanol–water partition coefficient (Wildman–Crippen LogP) is 6.05. The number of pyridine rings is 1. The molecular weight excluding hydrogens is 543 g/mol. The lowest BCUT2D eigenvalue weighted by molar-refractivity contribution is -0.142. The fourth-order valence-electron chi connectivity index (χ4n) is 4.36. The molecule has 1 N–H and O–H groups in total. The van der Waals surface area contributed by atoms with Crippen LogP contribution in [0.4, 0.5) is 4.39 Å². The minimum Gasteiger partial charge on any atom is -0.598 e. The number of fused-ring (bicyclic) bond motifs is 1. The average molecular weight is 581 g/mol. The van der Waals surface area contributed by atoms with Gasteiger partial charge in [0.15, 0.2) is 5.82 Å². The Labute approximate surface area is 243 Å². The molecule has 2 heterocycles. The van der Waals surface area contributed by atoms with Gasteiger partial charge in [-0.05, 0) is 71.4 Å². The summed E-state index contributed by atoms with van der Waals surface area (Å²) in [6.45, 7) is 11.9. The van der Waals surface area contributed by atoms with E-state index in [2.05, 4.69) is 9.71 Å². The molecule has 4 aromatic rings. The second-order valence-corrected chi connectivity index (χ2v) is 13.0. The summed E-state index contributed by atoms with van der Waals surface area (Å²) in [5.74, 6) is -0.206. The minimum absolute atomic E-state index is 0.0430. The molecule has 0 aliphatic heterocycles. The summed E-state index contributed by atoms with van der Waals surface area (Å²) in [5.41, 5.74) is 3.58. The summed E-state index contributed by atoms with van der Waals surface area (Å²) in [4.78, 5) is 16.3. The highest BCUT2D eigenvalue weighted by molar-refractivity contribution is 7.90. The molecule has 1 unspecified atom stereocenters. The monoisotopic (exact) mass is 580 g/mol. The van der Waals surface area contributed by atoms with Gasteiger partial charge in [-0.3, -0.25) is 14.5 Å². The van der Waals surface area contributed by atoms with Crippen molar-refractivity contribution < 1.29 is 23.2 Å². The average Bonchev–Trinajstić information content (AvgIpc) is 3.29. The Morgan fingerprint density at radius 3 is 2.61 bits per heavy atom. The van der Waals surface area contributed by atoms with Crippen LogP contribution in [0.25, 0.3) is 22.0 Å². The third kappa shape index (κ3) is 7.25. The van der Waals surface area contributed by atoms with E-state index < -0.39 is 21.9 Å². The van der Waals surface area contributed by atoms with E-state index in [0.29, 0.717) is 29.2 Å². The van der Waals surface area contributed by atoms with Crippen molar-refractivity contribution in [1.29, 1.82) is 0 Å². The number of halogens is 1. The number of para-hydroxylation sites is 1. The van der Waals surface area contributed by atoms with Gasteiger partial charge in [0.05, 0.1) is 30.8 Å². The van der Waals surface area contributed by atoms with Gasteiger partial charge in [0, 0.05) is 40.1 Å². The Morgan fingerprint density at radius 2 is 1.90 bits per heavy atom. The third-order valence-electron chi connectivity index (χ3n) is 6.45. The van der Waals surface area contributed by atoms with E-state index in [-0.39, 0.29) is 37.3 Å². The van der Waals surface area contributed by atoms with Crippen LogP contribution in [0, 0.1) is 5.82 Å². The molecule has 0 aliphatic carbocycles. The zero-order valence-electron chi connectivity index (χ0n) is 24.4. The van der Waals surface area contributed by atoms with Crippen molar-refractivity contribution in [3.63, 3.8) is 0 Å². The standard InChI is InChI=1S/C31H37FN4O4S/c1-7-39-29(37)17-22-10-8-9-11-28(22)40-19-26-24-16-21(12-13-27(24)36(35-26)20(2)3)23-14-15-33-25(30(23)32)18-34-41(38)31(4,5)6/h8-16,20,34H,7,17-19H2,1-6H3. The number of aromatic nitrogens is 3. The quantitative estimate of drug-likeness (QED) is 0.170. The van der Waals surface area contributed by atoms with Gasteiger partial charge in [-0.2, -0.15) is 5.10 Å². The Bertz CT molecular complexity index is 1520. The number of ether oxygens (including phenoxy) is 2. The lowest BCUT2D eigenvalue weighted by atomic mass is 10.0. The van der Waals surface area contributed by atoms with Crippen molar-refractivity contribution in [2.45, 2.75) is 71.9 Å². The number of nitrogens with one attached hydrogen (secondary N) is 1. The molecule has 8 nitrogen and oxygen atoms in total. The van der Waals surface area contributed by atoms with Crippen LogP contribution in [0.5, 0.6) is 5.75 Å². The van der Waals surface area contributed by atoms with Crippen LogP contribution in [-0.2, 0) is 40.5 Å². The Morgan fingerprint density at radius 1 is 1.15 bits per heavy atom. The molecule has 41 heavy (non-hydrogen) atoms. The maximum atomic E-state index is 15.6. The van der Waals surface area contributed by atoms with Gasteiger partial charge in [-0.25, -0.2) is 4.39 Å². The number of carbonyl (C=O) groups is 1. The lowest BCUT2D eigenvalue weighted by Gasteiger charge is -2.23. The predicted molar refractivity (Wildman–Crippen MR) is 159 cm³/mol. The molecule has 2 aromatic carbocycles. The number of esters is 1. The number of hydrogen-bond donors (Lipinski definition) is 1. The molecule has 10 heteroatoms. The molecule has 0 saturated heterocycles. The smallest absolute Gasteiger partial charge is 0.310 e. The molecule has 218 valence electrons. The van der Waals surface area contributed by atoms with E-state index in [9.17, 15) is 9.35 Å². The lowest BCUT2D eigenvalue weighted by Crippen LogP contribution is -2.39. The molecule has 0 bridgehead atoms. The van der Waals surface area contributed by atoms with Gasteiger partial charge in [0.1, 0.15) is 22.8 Å². The van der Waals surface area contributed by atoms with Gasteiger partial charge < -0.3 is 14.0 Å². The Kier molecular flexibility index (Phi) is 9.68. The molecule has 1 atom stereocenters. The zero-order chi connectivity index (χ0) is 29.7. The maximum absolute atomic E-state index is 15.6. The summed E-state index contributed by atoms with van der Waals surface area (Å²) in [6, 6.07) is 14.8. The van der Waals surface area contributed by atoms with Crippen LogP contribution in [-0.4, -0.2) is 36.6 Å². The summed E-state index contributed by atoms with van der Waals surface area (Å²) < 4.78 is 43.6. The number of hydrogen-bond acceptors (Lipinski definition) is 7. The van der Waals surface area contributed by atoms with Crippen molar-refractivity contribution in [3.05, 3.63) is 77.5 Å². The second-order valence-electron chi connectivity index (χ2n) is 10.9. The first-order valence-electron chi connectivity index (χ1n) is 13.7. The molecule has 0 radical (unpaired) electrons. The van der Waals surface area contributed by atoms with E-state index in [1.54, 1.807) is 19.2 Å². The number of carbonyl (C=O) groups excluding carboxylic acids is 1. The topological polar surface area (TPSA) is 101 Å². The number of rotatable bonds is 11. The van der Waals surface area contributed by atoms with Crippen LogP contribution < -0.4 is 9.46 Å². The van der Waals surface area contributed by atoms with Gasteiger partial charge in [0.25, 0.3) is 0 Å². The van der Waals surface area contributed by atoms with E-state index in [4.69, 9.17) is 14.6 Å². The van der Waals surface area contributed by atoms with Crippen molar-refractivity contribution in [3.8, 4) is 16.9 Å². The second kappa shape index (κ2) is 13.0. The van der Waals surface area contributed by atoms with Crippen LogP contribution in [0.3, 0.4) is 0 Å². The Hall–Kier alpha value is -3.47. The van der Waals surface area contributed by atoms with Gasteiger partial charge in [-0.15, -0.1) is 4.72 Å². The summed E-state index contributed by atoms with van der Waals surface area (Å²) >= 11 is -1.35. The van der Waals surface area contributed by atoms with Gasteiger partial charge in [0.2, 0.25) is 0 Å². The first kappa shape index (κ1) is 30.5. The van der Waals surface area contributed by atoms with Crippen molar-refractivity contribution in [2.24, 2.45) is 0 Å². The zero-order valence-corrected chi connectivity index (χ0v) is 25.2. The van der Waals surface area contributed by atoms with Crippen molar-refractivity contribution in [1.82, 2.24) is 19.5 Å². The van der Waals surface area contributed by atoms with Gasteiger partial charge in [-0.1, -0.05) is 24.3 Å².